The number of rotatable bonds is 2. The third kappa shape index (κ3) is 3.82. The van der Waals surface area contributed by atoms with Crippen molar-refractivity contribution in [3.63, 3.8) is 0 Å². The van der Waals surface area contributed by atoms with E-state index in [0.29, 0.717) is 15.6 Å². The van der Waals surface area contributed by atoms with Crippen molar-refractivity contribution in [2.24, 2.45) is 4.36 Å². The smallest absolute Gasteiger partial charge is 0.306 e. The molecule has 1 N–H and O–H groups in total. The van der Waals surface area contributed by atoms with Gasteiger partial charge in [0.15, 0.2) is 0 Å². The number of anilines is 1. The maximum atomic E-state index is 12.4. The first-order chi connectivity index (χ1) is 9.47. The van der Waals surface area contributed by atoms with Crippen molar-refractivity contribution in [3.05, 3.63) is 59.6 Å². The van der Waals surface area contributed by atoms with Crippen molar-refractivity contribution < 1.29 is 9.00 Å². The lowest BCUT2D eigenvalue weighted by Gasteiger charge is -2.05. The number of nitrogens with zero attached hydrogens (tertiary/aromatic N) is 1. The Labute approximate surface area is 123 Å². The number of urea groups is 1. The Hall–Kier alpha value is -1.85. The summed E-state index contributed by atoms with van der Waals surface area (Å²) in [7, 11) is -2.75. The van der Waals surface area contributed by atoms with E-state index in [1.165, 1.54) is 6.26 Å². The van der Waals surface area contributed by atoms with Gasteiger partial charge in [0.1, 0.15) is 0 Å². The van der Waals surface area contributed by atoms with Crippen LogP contribution in [0.2, 0.25) is 5.02 Å². The summed E-state index contributed by atoms with van der Waals surface area (Å²) in [6.07, 6.45) is 1.43. The maximum Gasteiger partial charge on any atom is 0.353 e. The van der Waals surface area contributed by atoms with Crippen molar-refractivity contribution in [2.45, 2.75) is 4.90 Å². The summed E-state index contributed by atoms with van der Waals surface area (Å²) in [4.78, 5) is 12.3. The Morgan fingerprint density at radius 1 is 1.10 bits per heavy atom. The van der Waals surface area contributed by atoms with Crippen molar-refractivity contribution in [1.29, 1.82) is 0 Å². The van der Waals surface area contributed by atoms with E-state index in [2.05, 4.69) is 9.68 Å². The molecular weight excluding hydrogens is 296 g/mol. The highest BCUT2D eigenvalue weighted by Gasteiger charge is 2.09. The van der Waals surface area contributed by atoms with Gasteiger partial charge < -0.3 is 5.32 Å². The highest BCUT2D eigenvalue weighted by molar-refractivity contribution is 7.93. The van der Waals surface area contributed by atoms with Gasteiger partial charge in [-0.05, 0) is 36.4 Å². The van der Waals surface area contributed by atoms with Crippen molar-refractivity contribution in [2.75, 3.05) is 11.6 Å². The lowest BCUT2D eigenvalue weighted by atomic mass is 10.3. The standard InChI is InChI=1S/C14H13ClN2O2S/c1-20(19,13-5-3-2-4-6-13)17-14(18)16-12-9-7-11(15)8-10-12/h2-10H,1H3,(H,16,18). The number of carbonyl (C=O) groups excluding carboxylic acids is 1. The van der Waals surface area contributed by atoms with E-state index in [9.17, 15) is 9.00 Å². The third-order valence-electron chi connectivity index (χ3n) is 2.53. The SMILES string of the molecule is CS(=O)(=NC(=O)Nc1ccc(Cl)cc1)c1ccccc1. The van der Waals surface area contributed by atoms with Gasteiger partial charge in [-0.3, -0.25) is 0 Å². The number of carbonyl (C=O) groups is 1. The molecule has 0 bridgehead atoms. The van der Waals surface area contributed by atoms with Gasteiger partial charge in [-0.15, -0.1) is 4.36 Å². The van der Waals surface area contributed by atoms with Crippen molar-refractivity contribution >= 4 is 33.0 Å². The van der Waals surface area contributed by atoms with Crippen LogP contribution < -0.4 is 5.32 Å². The Morgan fingerprint density at radius 3 is 2.30 bits per heavy atom. The van der Waals surface area contributed by atoms with Gasteiger partial charge in [0.05, 0.1) is 9.73 Å². The molecule has 0 fully saturated rings. The second kappa shape index (κ2) is 6.07. The first kappa shape index (κ1) is 14.6. The zero-order valence-corrected chi connectivity index (χ0v) is 12.3. The monoisotopic (exact) mass is 308 g/mol. The average molecular weight is 309 g/mol. The van der Waals surface area contributed by atoms with Crippen LogP contribution in [0, 0.1) is 0 Å². The van der Waals surface area contributed by atoms with Gasteiger partial charge in [0, 0.05) is 21.9 Å². The maximum absolute atomic E-state index is 12.4. The molecule has 0 heterocycles. The molecule has 104 valence electrons. The molecule has 0 radical (unpaired) electrons. The molecule has 2 aromatic carbocycles. The van der Waals surface area contributed by atoms with Crippen LogP contribution in [0.1, 0.15) is 0 Å². The van der Waals surface area contributed by atoms with E-state index >= 15 is 0 Å². The first-order valence-corrected chi connectivity index (χ1v) is 8.11. The number of halogens is 1. The van der Waals surface area contributed by atoms with Crippen LogP contribution in [0.15, 0.2) is 63.9 Å². The predicted octanol–water partition coefficient (Wildman–Crippen LogP) is 4.03. The summed E-state index contributed by atoms with van der Waals surface area (Å²) in [5.41, 5.74) is 0.548. The number of hydrogen-bond acceptors (Lipinski definition) is 2. The molecule has 1 unspecified atom stereocenters. The van der Waals surface area contributed by atoms with Crippen molar-refractivity contribution in [1.82, 2.24) is 0 Å². The lowest BCUT2D eigenvalue weighted by molar-refractivity contribution is 0.260. The zero-order chi connectivity index (χ0) is 14.6. The minimum Gasteiger partial charge on any atom is -0.306 e. The van der Waals surface area contributed by atoms with Crippen LogP contribution in [-0.4, -0.2) is 16.5 Å². The number of hydrogen-bond donors (Lipinski definition) is 1. The van der Waals surface area contributed by atoms with Crippen LogP contribution in [0.25, 0.3) is 0 Å². The molecule has 1 atom stereocenters. The molecule has 0 spiro atoms. The minimum absolute atomic E-state index is 0.520. The minimum atomic E-state index is -2.75. The molecule has 4 nitrogen and oxygen atoms in total. The molecule has 0 aliphatic heterocycles. The van der Waals surface area contributed by atoms with Gasteiger partial charge in [0.25, 0.3) is 0 Å². The summed E-state index contributed by atoms with van der Waals surface area (Å²) in [5.74, 6) is 0. The summed E-state index contributed by atoms with van der Waals surface area (Å²) < 4.78 is 16.1. The summed E-state index contributed by atoms with van der Waals surface area (Å²) in [5, 5.41) is 3.12. The van der Waals surface area contributed by atoms with E-state index < -0.39 is 15.8 Å². The zero-order valence-electron chi connectivity index (χ0n) is 10.7. The van der Waals surface area contributed by atoms with E-state index in [0.717, 1.165) is 0 Å². The fourth-order valence-electron chi connectivity index (χ4n) is 1.56. The normalized spacial score (nSPS) is 13.3. The topological polar surface area (TPSA) is 58.5 Å². The van der Waals surface area contributed by atoms with Gasteiger partial charge in [-0.2, -0.15) is 0 Å². The van der Waals surface area contributed by atoms with Gasteiger partial charge in [0.2, 0.25) is 0 Å². The number of nitrogens with one attached hydrogen (secondary N) is 1. The van der Waals surface area contributed by atoms with E-state index in [-0.39, 0.29) is 0 Å². The molecule has 0 aliphatic rings. The quantitative estimate of drug-likeness (QED) is 0.910. The highest BCUT2D eigenvalue weighted by atomic mass is 35.5. The lowest BCUT2D eigenvalue weighted by Crippen LogP contribution is -2.10. The average Bonchev–Trinajstić information content (AvgIpc) is 2.42. The molecule has 0 saturated carbocycles. The van der Waals surface area contributed by atoms with Crippen LogP contribution in [0.4, 0.5) is 10.5 Å². The van der Waals surface area contributed by atoms with Crippen LogP contribution in [0.5, 0.6) is 0 Å². The molecule has 2 aromatic rings. The Morgan fingerprint density at radius 2 is 1.70 bits per heavy atom. The Kier molecular flexibility index (Phi) is 4.42. The molecular formula is C14H13ClN2O2S. The second-order valence-corrected chi connectivity index (χ2v) is 6.84. The summed E-state index contributed by atoms with van der Waals surface area (Å²) >= 11 is 5.75. The number of amides is 2. The highest BCUT2D eigenvalue weighted by Crippen LogP contribution is 2.15. The van der Waals surface area contributed by atoms with E-state index in [1.807, 2.05) is 6.07 Å². The molecule has 2 rings (SSSR count). The Bertz CT molecular complexity index is 721. The van der Waals surface area contributed by atoms with Crippen LogP contribution in [-0.2, 0) is 9.73 Å². The number of benzene rings is 2. The third-order valence-corrected chi connectivity index (χ3v) is 4.45. The first-order valence-electron chi connectivity index (χ1n) is 5.81. The van der Waals surface area contributed by atoms with Crippen LogP contribution >= 0.6 is 11.6 Å². The van der Waals surface area contributed by atoms with Crippen molar-refractivity contribution in [3.8, 4) is 0 Å². The van der Waals surface area contributed by atoms with E-state index in [4.69, 9.17) is 11.6 Å². The van der Waals surface area contributed by atoms with Crippen LogP contribution in [0.3, 0.4) is 0 Å². The molecule has 0 aliphatic carbocycles. The Balaban J connectivity index is 2.20. The largest absolute Gasteiger partial charge is 0.353 e. The molecule has 6 heteroatoms. The summed E-state index contributed by atoms with van der Waals surface area (Å²) in [6, 6.07) is 14.6. The fourth-order valence-corrected chi connectivity index (χ4v) is 2.82. The van der Waals surface area contributed by atoms with Gasteiger partial charge >= 0.3 is 6.03 Å². The molecule has 20 heavy (non-hydrogen) atoms. The second-order valence-electron chi connectivity index (χ2n) is 4.14. The molecule has 0 saturated heterocycles. The van der Waals surface area contributed by atoms with E-state index in [1.54, 1.807) is 48.5 Å². The van der Waals surface area contributed by atoms with Gasteiger partial charge in [-0.25, -0.2) is 9.00 Å². The summed E-state index contributed by atoms with van der Waals surface area (Å²) in [6.45, 7) is 0. The molecule has 2 amide bonds. The van der Waals surface area contributed by atoms with Gasteiger partial charge in [-0.1, -0.05) is 29.8 Å². The molecule has 0 aromatic heterocycles. The fraction of sp³-hybridized carbons (Fsp3) is 0.0714. The predicted molar refractivity (Wildman–Crippen MR) is 81.7 cm³/mol.